The van der Waals surface area contributed by atoms with Gasteiger partial charge in [-0.25, -0.2) is 0 Å². The van der Waals surface area contributed by atoms with Crippen LogP contribution in [0, 0.1) is 13.8 Å². The first kappa shape index (κ1) is 20.6. The number of rotatable bonds is 4. The third-order valence-corrected chi connectivity index (χ3v) is 15.3. The monoisotopic (exact) mass is 487 g/mol. The second-order valence-electron chi connectivity index (χ2n) is 5.73. The number of halogens is 4. The molecule has 0 fully saturated rings. The van der Waals surface area contributed by atoms with Crippen LogP contribution >= 0.6 is 64.3 Å². The van der Waals surface area contributed by atoms with E-state index in [1.807, 2.05) is 62.4 Å². The Morgan fingerprint density at radius 3 is 1.42 bits per heavy atom. The molecule has 0 bridgehead atoms. The Morgan fingerprint density at radius 2 is 1.00 bits per heavy atom. The molecule has 0 amide bonds. The Morgan fingerprint density at radius 1 is 0.615 bits per heavy atom. The van der Waals surface area contributed by atoms with Gasteiger partial charge in [-0.1, -0.05) is 35.4 Å². The van der Waals surface area contributed by atoms with Crippen molar-refractivity contribution in [1.29, 1.82) is 0 Å². The summed E-state index contributed by atoms with van der Waals surface area (Å²) in [5, 5.41) is 6.27. The van der Waals surface area contributed by atoms with Crippen molar-refractivity contribution in [2.45, 2.75) is 13.8 Å². The molecule has 0 aromatic heterocycles. The predicted octanol–water partition coefficient (Wildman–Crippen LogP) is 9.63. The fraction of sp³-hybridized carbons (Fsp3) is 0.143. The predicted molar refractivity (Wildman–Crippen MR) is 121 cm³/mol. The molecule has 0 radical (unpaired) electrons. The minimum Gasteiger partial charge on any atom is -0.323 e. The Kier molecular flexibility index (Phi) is 6.12. The summed E-state index contributed by atoms with van der Waals surface area (Å²) in [4.78, 5) is 0. The van der Waals surface area contributed by atoms with Gasteiger partial charge in [-0.05, 0) is 83.1 Å². The van der Waals surface area contributed by atoms with Gasteiger partial charge in [0.1, 0.15) is 0 Å². The summed E-state index contributed by atoms with van der Waals surface area (Å²) in [7, 11) is 0. The van der Waals surface area contributed by atoms with Crippen LogP contribution in [-0.2, 0) is 0 Å². The van der Waals surface area contributed by atoms with Crippen molar-refractivity contribution in [1.82, 2.24) is 0 Å². The van der Waals surface area contributed by atoms with Crippen molar-refractivity contribution in [3.05, 3.63) is 59.7 Å². The lowest BCUT2D eigenvalue weighted by Crippen LogP contribution is -1.95. The van der Waals surface area contributed by atoms with Gasteiger partial charge in [0.05, 0.1) is 0 Å². The summed E-state index contributed by atoms with van der Waals surface area (Å²) in [6, 6.07) is 15.4. The molecule has 2 atom stereocenters. The van der Waals surface area contributed by atoms with Crippen LogP contribution in [0.3, 0.4) is 0 Å². The first-order chi connectivity index (χ1) is 12.1. The van der Waals surface area contributed by atoms with E-state index in [0.717, 1.165) is 22.5 Å². The molecular weight excluding hydrogens is 473 g/mol. The summed E-state index contributed by atoms with van der Waals surface area (Å²) in [5.74, 6) is -3.06. The van der Waals surface area contributed by atoms with Crippen LogP contribution in [0.4, 0.5) is 11.4 Å². The standard InChI is InChI=1S/C14H16Cl4N5P3/c1-11-3-7-13(8-4-11)19-25(17)21-24(15,16)22-26(18,23-25)20-14-9-5-12(2)6-10-14/h3-10,19-20H,1-2H3/t25-,26-/m0/s1. The zero-order valence-corrected chi connectivity index (χ0v) is 19.5. The number of anilines is 2. The summed E-state index contributed by atoms with van der Waals surface area (Å²) >= 11 is 26.0. The number of nitrogens with one attached hydrogen (secondary N) is 2. The first-order valence-electron chi connectivity index (χ1n) is 7.47. The minimum atomic E-state index is -3.06. The largest absolute Gasteiger partial charge is 0.323 e. The summed E-state index contributed by atoms with van der Waals surface area (Å²) in [5.41, 5.74) is 3.78. The van der Waals surface area contributed by atoms with Crippen molar-refractivity contribution in [2.24, 2.45) is 13.5 Å². The summed E-state index contributed by atoms with van der Waals surface area (Å²) in [6.45, 7) is -1.95. The highest BCUT2D eigenvalue weighted by Crippen LogP contribution is 2.84. The van der Waals surface area contributed by atoms with Crippen molar-refractivity contribution >= 4 is 75.7 Å². The van der Waals surface area contributed by atoms with Crippen molar-refractivity contribution in [3.63, 3.8) is 0 Å². The van der Waals surface area contributed by atoms with Gasteiger partial charge in [-0.2, -0.15) is 13.5 Å². The van der Waals surface area contributed by atoms with Gasteiger partial charge in [-0.3, -0.25) is 0 Å². The second kappa shape index (κ2) is 7.72. The highest BCUT2D eigenvalue weighted by molar-refractivity contribution is 8.18. The van der Waals surface area contributed by atoms with E-state index in [-0.39, 0.29) is 0 Å². The first-order valence-corrected chi connectivity index (χ1v) is 16.2. The van der Waals surface area contributed by atoms with Gasteiger partial charge >= 0.3 is 0 Å². The number of hydrogen-bond donors (Lipinski definition) is 2. The average Bonchev–Trinajstić information content (AvgIpc) is 2.49. The third kappa shape index (κ3) is 5.46. The summed E-state index contributed by atoms with van der Waals surface area (Å²) < 4.78 is 13.1. The molecule has 2 aromatic rings. The Balaban J connectivity index is 2.00. The average molecular weight is 489 g/mol. The molecule has 0 unspecified atom stereocenters. The van der Waals surface area contributed by atoms with Crippen LogP contribution in [0.2, 0.25) is 0 Å². The molecule has 0 spiro atoms. The van der Waals surface area contributed by atoms with Gasteiger partial charge < -0.3 is 10.2 Å². The Bertz CT molecular complexity index is 930. The van der Waals surface area contributed by atoms with E-state index in [9.17, 15) is 0 Å². The normalized spacial score (nSPS) is 26.8. The van der Waals surface area contributed by atoms with E-state index in [1.54, 1.807) is 0 Å². The van der Waals surface area contributed by atoms with Gasteiger partial charge in [0.25, 0.3) is 19.3 Å². The Labute approximate surface area is 172 Å². The fourth-order valence-corrected chi connectivity index (χ4v) is 18.0. The van der Waals surface area contributed by atoms with Crippen LogP contribution in [0.25, 0.3) is 0 Å². The van der Waals surface area contributed by atoms with Gasteiger partial charge in [-0.15, -0.1) is 0 Å². The van der Waals surface area contributed by atoms with Crippen LogP contribution in [0.15, 0.2) is 62.1 Å². The molecule has 1 aliphatic heterocycles. The molecule has 12 heteroatoms. The quantitative estimate of drug-likeness (QED) is 0.420. The molecule has 2 aromatic carbocycles. The topological polar surface area (TPSA) is 61.1 Å². The molecule has 0 saturated carbocycles. The van der Waals surface area contributed by atoms with Crippen LogP contribution in [0.5, 0.6) is 0 Å². The molecule has 1 heterocycles. The van der Waals surface area contributed by atoms with E-state index in [4.69, 9.17) is 45.0 Å². The molecule has 0 saturated heterocycles. The molecular formula is C14H16Cl4N5P3. The van der Waals surface area contributed by atoms with E-state index in [2.05, 4.69) is 23.7 Å². The maximum Gasteiger partial charge on any atom is 0.262 e. The molecule has 2 N–H and O–H groups in total. The fourth-order valence-electron chi connectivity index (χ4n) is 2.17. The maximum absolute atomic E-state index is 6.68. The van der Waals surface area contributed by atoms with Gasteiger partial charge in [0.2, 0.25) is 0 Å². The van der Waals surface area contributed by atoms with Crippen LogP contribution in [0.1, 0.15) is 11.1 Å². The Hall–Kier alpha value is -0.110. The smallest absolute Gasteiger partial charge is 0.262 e. The third-order valence-electron chi connectivity index (χ3n) is 3.34. The minimum absolute atomic E-state index is 0.764. The SMILES string of the molecule is Cc1ccc(N[P@@]2(Cl)=NP(Cl)(Cl)=N[P@](Cl)(Nc3ccc(C)cc3)=N2)cc1. The number of aryl methyl sites for hydroxylation is 2. The number of nitrogens with zero attached hydrogens (tertiary/aromatic N) is 3. The lowest BCUT2D eigenvalue weighted by molar-refractivity contribution is 1.47. The molecule has 1 aliphatic rings. The lowest BCUT2D eigenvalue weighted by atomic mass is 10.2. The molecule has 5 nitrogen and oxygen atoms in total. The number of benzene rings is 2. The highest BCUT2D eigenvalue weighted by Gasteiger charge is 2.33. The van der Waals surface area contributed by atoms with Crippen molar-refractivity contribution in [3.8, 4) is 0 Å². The van der Waals surface area contributed by atoms with Crippen molar-refractivity contribution < 1.29 is 0 Å². The van der Waals surface area contributed by atoms with E-state index in [1.165, 1.54) is 0 Å². The molecule has 140 valence electrons. The van der Waals surface area contributed by atoms with E-state index in [0.29, 0.717) is 0 Å². The second-order valence-corrected chi connectivity index (χ2v) is 17.5. The summed E-state index contributed by atoms with van der Waals surface area (Å²) in [6.07, 6.45) is 0. The lowest BCUT2D eigenvalue weighted by Gasteiger charge is -2.26. The number of hydrogen-bond acceptors (Lipinski definition) is 5. The van der Waals surface area contributed by atoms with Crippen LogP contribution < -0.4 is 10.2 Å². The van der Waals surface area contributed by atoms with E-state index < -0.39 is 19.3 Å². The van der Waals surface area contributed by atoms with Crippen LogP contribution in [-0.4, -0.2) is 0 Å². The maximum atomic E-state index is 6.68. The molecule has 26 heavy (non-hydrogen) atoms. The highest BCUT2D eigenvalue weighted by atomic mass is 35.9. The van der Waals surface area contributed by atoms with Gasteiger partial charge in [0, 0.05) is 11.4 Å². The molecule has 0 aliphatic carbocycles. The van der Waals surface area contributed by atoms with Crippen molar-refractivity contribution in [2.75, 3.05) is 10.2 Å². The van der Waals surface area contributed by atoms with Gasteiger partial charge in [0.15, 0.2) is 0 Å². The molecule has 3 rings (SSSR count). The van der Waals surface area contributed by atoms with E-state index >= 15 is 0 Å². The zero-order valence-electron chi connectivity index (χ0n) is 13.8. The zero-order chi connectivity index (χ0) is 19.0.